The van der Waals surface area contributed by atoms with Gasteiger partial charge < -0.3 is 0 Å². The molecule has 0 fully saturated rings. The summed E-state index contributed by atoms with van der Waals surface area (Å²) in [5.41, 5.74) is 3.11. The SMILES string of the molecule is CC(C)c1cnn2c(Cl)nc(-c3cncc(F)c3)cc12. The monoisotopic (exact) mass is 290 g/mol. The van der Waals surface area contributed by atoms with Crippen molar-refractivity contribution in [1.29, 1.82) is 0 Å². The summed E-state index contributed by atoms with van der Waals surface area (Å²) < 4.78 is 14.9. The van der Waals surface area contributed by atoms with Gasteiger partial charge in [0.15, 0.2) is 0 Å². The van der Waals surface area contributed by atoms with Gasteiger partial charge in [0.25, 0.3) is 0 Å². The summed E-state index contributed by atoms with van der Waals surface area (Å²) in [5.74, 6) is -0.0951. The summed E-state index contributed by atoms with van der Waals surface area (Å²) in [6.07, 6.45) is 4.49. The van der Waals surface area contributed by atoms with Crippen molar-refractivity contribution in [2.24, 2.45) is 0 Å². The van der Waals surface area contributed by atoms with Crippen LogP contribution in [0.4, 0.5) is 4.39 Å². The van der Waals surface area contributed by atoms with Crippen LogP contribution >= 0.6 is 11.6 Å². The van der Waals surface area contributed by atoms with E-state index in [9.17, 15) is 4.39 Å². The van der Waals surface area contributed by atoms with Crippen LogP contribution in [0.1, 0.15) is 25.3 Å². The minimum absolute atomic E-state index is 0.244. The van der Waals surface area contributed by atoms with E-state index in [0.717, 1.165) is 17.3 Å². The van der Waals surface area contributed by atoms with Gasteiger partial charge in [-0.3, -0.25) is 4.98 Å². The van der Waals surface area contributed by atoms with Crippen molar-refractivity contribution in [2.75, 3.05) is 0 Å². The van der Waals surface area contributed by atoms with Crippen LogP contribution in [0.3, 0.4) is 0 Å². The average Bonchev–Trinajstić information content (AvgIpc) is 2.83. The van der Waals surface area contributed by atoms with E-state index >= 15 is 0 Å². The van der Waals surface area contributed by atoms with E-state index in [1.165, 1.54) is 6.07 Å². The smallest absolute Gasteiger partial charge is 0.224 e. The Kier molecular flexibility index (Phi) is 3.14. The standard InChI is InChI=1S/C14H12ClFN4/c1-8(2)11-7-18-20-13(11)4-12(19-14(20)15)9-3-10(16)6-17-5-9/h3-8H,1-2H3. The first-order valence-electron chi connectivity index (χ1n) is 6.21. The maximum Gasteiger partial charge on any atom is 0.224 e. The van der Waals surface area contributed by atoms with Crippen molar-refractivity contribution in [2.45, 2.75) is 19.8 Å². The normalized spacial score (nSPS) is 11.4. The minimum atomic E-state index is -0.405. The average molecular weight is 291 g/mol. The third-order valence-electron chi connectivity index (χ3n) is 3.12. The highest BCUT2D eigenvalue weighted by Crippen LogP contribution is 2.26. The van der Waals surface area contributed by atoms with Crippen molar-refractivity contribution in [3.8, 4) is 11.3 Å². The molecule has 6 heteroatoms. The largest absolute Gasteiger partial charge is 0.261 e. The second kappa shape index (κ2) is 4.83. The lowest BCUT2D eigenvalue weighted by Gasteiger charge is -2.06. The van der Waals surface area contributed by atoms with E-state index in [1.807, 2.05) is 6.07 Å². The molecule has 3 heterocycles. The molecule has 0 aliphatic heterocycles. The van der Waals surface area contributed by atoms with Crippen LogP contribution in [0.15, 0.2) is 30.7 Å². The molecule has 3 aromatic heterocycles. The van der Waals surface area contributed by atoms with Crippen LogP contribution in [-0.2, 0) is 0 Å². The zero-order chi connectivity index (χ0) is 14.3. The van der Waals surface area contributed by atoms with Crippen molar-refractivity contribution < 1.29 is 4.39 Å². The Balaban J connectivity index is 2.25. The first-order valence-corrected chi connectivity index (χ1v) is 6.59. The molecule has 0 amide bonds. The molecule has 0 aliphatic carbocycles. The lowest BCUT2D eigenvalue weighted by atomic mass is 10.0. The molecule has 102 valence electrons. The Labute approximate surface area is 120 Å². The molecule has 0 unspecified atom stereocenters. The van der Waals surface area contributed by atoms with Crippen LogP contribution in [0, 0.1) is 5.82 Å². The molecule has 0 bridgehead atoms. The molecule has 20 heavy (non-hydrogen) atoms. The molecule has 0 N–H and O–H groups in total. The number of aromatic nitrogens is 4. The molecule has 0 saturated heterocycles. The number of rotatable bonds is 2. The van der Waals surface area contributed by atoms with Crippen molar-refractivity contribution in [3.05, 3.63) is 47.4 Å². The summed E-state index contributed by atoms with van der Waals surface area (Å²) in [4.78, 5) is 8.08. The molecule has 0 aliphatic rings. The van der Waals surface area contributed by atoms with Crippen LogP contribution in [0.5, 0.6) is 0 Å². The predicted molar refractivity (Wildman–Crippen MR) is 75.3 cm³/mol. The van der Waals surface area contributed by atoms with Gasteiger partial charge in [-0.2, -0.15) is 5.10 Å². The minimum Gasteiger partial charge on any atom is -0.261 e. The Morgan fingerprint density at radius 1 is 1.20 bits per heavy atom. The van der Waals surface area contributed by atoms with Gasteiger partial charge in [0, 0.05) is 17.3 Å². The Morgan fingerprint density at radius 2 is 2.00 bits per heavy atom. The van der Waals surface area contributed by atoms with Crippen LogP contribution in [0.2, 0.25) is 5.28 Å². The molecule has 0 aromatic carbocycles. The van der Waals surface area contributed by atoms with Crippen LogP contribution in [0.25, 0.3) is 16.8 Å². The summed E-state index contributed by atoms with van der Waals surface area (Å²) in [7, 11) is 0. The summed E-state index contributed by atoms with van der Waals surface area (Å²) >= 11 is 6.15. The van der Waals surface area contributed by atoms with Crippen molar-refractivity contribution in [1.82, 2.24) is 19.6 Å². The molecule has 3 aromatic rings. The lowest BCUT2D eigenvalue weighted by molar-refractivity contribution is 0.622. The number of fused-ring (bicyclic) bond motifs is 1. The second-order valence-corrected chi connectivity index (χ2v) is 5.19. The topological polar surface area (TPSA) is 43.1 Å². The van der Waals surface area contributed by atoms with Crippen molar-refractivity contribution in [3.63, 3.8) is 0 Å². The molecule has 0 atom stereocenters. The quantitative estimate of drug-likeness (QED) is 0.676. The Hall–Kier alpha value is -2.01. The zero-order valence-electron chi connectivity index (χ0n) is 11.0. The van der Waals surface area contributed by atoms with E-state index in [-0.39, 0.29) is 5.28 Å². The molecular formula is C14H12ClFN4. The van der Waals surface area contributed by atoms with E-state index in [0.29, 0.717) is 17.2 Å². The number of halogens is 2. The maximum absolute atomic E-state index is 13.3. The molecule has 0 saturated carbocycles. The second-order valence-electron chi connectivity index (χ2n) is 4.85. The molecule has 0 spiro atoms. The highest BCUT2D eigenvalue weighted by Gasteiger charge is 2.13. The fraction of sp³-hybridized carbons (Fsp3) is 0.214. The number of hydrogen-bond acceptors (Lipinski definition) is 3. The maximum atomic E-state index is 13.3. The van der Waals surface area contributed by atoms with Gasteiger partial charge >= 0.3 is 0 Å². The predicted octanol–water partition coefficient (Wildman–Crippen LogP) is 3.71. The highest BCUT2D eigenvalue weighted by atomic mass is 35.5. The fourth-order valence-corrected chi connectivity index (χ4v) is 2.34. The van der Waals surface area contributed by atoms with Gasteiger partial charge in [0.05, 0.1) is 23.6 Å². The van der Waals surface area contributed by atoms with E-state index < -0.39 is 5.82 Å². The van der Waals surface area contributed by atoms with E-state index in [2.05, 4.69) is 28.9 Å². The zero-order valence-corrected chi connectivity index (χ0v) is 11.8. The van der Waals surface area contributed by atoms with Gasteiger partial charge in [-0.05, 0) is 29.7 Å². The lowest BCUT2D eigenvalue weighted by Crippen LogP contribution is -1.97. The molecule has 3 rings (SSSR count). The first kappa shape index (κ1) is 13.0. The first-order chi connectivity index (χ1) is 9.56. The molecule has 4 nitrogen and oxygen atoms in total. The van der Waals surface area contributed by atoms with Crippen molar-refractivity contribution >= 4 is 17.1 Å². The van der Waals surface area contributed by atoms with Gasteiger partial charge in [0.2, 0.25) is 5.28 Å². The van der Waals surface area contributed by atoms with E-state index in [1.54, 1.807) is 16.9 Å². The Bertz CT molecular complexity index is 782. The van der Waals surface area contributed by atoms with Crippen LogP contribution in [-0.4, -0.2) is 19.6 Å². The third-order valence-corrected chi connectivity index (χ3v) is 3.36. The van der Waals surface area contributed by atoms with Gasteiger partial charge in [0.1, 0.15) is 5.82 Å². The fourth-order valence-electron chi connectivity index (χ4n) is 2.12. The Morgan fingerprint density at radius 3 is 2.70 bits per heavy atom. The number of hydrogen-bond donors (Lipinski definition) is 0. The third kappa shape index (κ3) is 2.14. The van der Waals surface area contributed by atoms with E-state index in [4.69, 9.17) is 11.6 Å². The van der Waals surface area contributed by atoms with Gasteiger partial charge in [-0.1, -0.05) is 13.8 Å². The summed E-state index contributed by atoms with van der Waals surface area (Å²) in [6, 6.07) is 3.23. The molecular weight excluding hydrogens is 279 g/mol. The number of pyridine rings is 1. The molecule has 0 radical (unpaired) electrons. The highest BCUT2D eigenvalue weighted by molar-refractivity contribution is 6.28. The summed E-state index contributed by atoms with van der Waals surface area (Å²) in [6.45, 7) is 4.16. The van der Waals surface area contributed by atoms with Gasteiger partial charge in [-0.25, -0.2) is 13.9 Å². The van der Waals surface area contributed by atoms with Gasteiger partial charge in [-0.15, -0.1) is 0 Å². The summed E-state index contributed by atoms with van der Waals surface area (Å²) in [5, 5.41) is 4.47. The van der Waals surface area contributed by atoms with Crippen LogP contribution < -0.4 is 0 Å². The number of nitrogens with zero attached hydrogens (tertiary/aromatic N) is 4.